The molecule has 0 aromatic carbocycles. The van der Waals surface area contributed by atoms with E-state index in [4.69, 9.17) is 18.9 Å². The van der Waals surface area contributed by atoms with Gasteiger partial charge < -0.3 is 28.7 Å². The maximum Gasteiger partial charge on any atom is 0.261 e. The van der Waals surface area contributed by atoms with Crippen LogP contribution in [0.25, 0.3) is 30.9 Å². The SMILES string of the molecule is CCCCCC(C)CC1(CC(CC)CCCC)c2ccsc2-c2sc(C3=C4C(=O)N(CC(OCC)OCC)C(c5cc6c(s5)-c5sccc5C6(CC(CC)CCCC)C(CC)CCCCC)=C4C(=O)N3CC(OCC)OCC)cc21. The highest BCUT2D eigenvalue weighted by molar-refractivity contribution is 7.23. The summed E-state index contributed by atoms with van der Waals surface area (Å²) in [6.07, 6.45) is 22.4. The Balaban J connectivity index is 1.39. The molecule has 2 amide bonds. The number of unbranched alkanes of at least 4 members (excludes halogenated alkanes) is 6. The van der Waals surface area contributed by atoms with Gasteiger partial charge in [0.25, 0.3) is 11.8 Å². The van der Waals surface area contributed by atoms with E-state index in [1.165, 1.54) is 132 Å². The average molecular weight is 1170 g/mol. The Morgan fingerprint density at radius 2 is 0.950 bits per heavy atom. The number of carbonyl (C=O) groups is 2. The number of nitrogens with zero attached hydrogens (tertiary/aromatic N) is 2. The molecule has 442 valence electrons. The van der Waals surface area contributed by atoms with Crippen LogP contribution in [0.4, 0.5) is 0 Å². The van der Waals surface area contributed by atoms with E-state index in [2.05, 4.69) is 90.4 Å². The second-order valence-corrected chi connectivity index (χ2v) is 27.6. The number of hydrogen-bond acceptors (Lipinski definition) is 10. The first-order chi connectivity index (χ1) is 38.9. The third kappa shape index (κ3) is 12.4. The molecule has 6 atom stereocenters. The Hall–Kier alpha value is -2.94. The maximum absolute atomic E-state index is 16.3. The minimum Gasteiger partial charge on any atom is -0.351 e. The Morgan fingerprint density at radius 1 is 0.487 bits per heavy atom. The Morgan fingerprint density at radius 3 is 1.44 bits per heavy atom. The lowest BCUT2D eigenvalue weighted by Crippen LogP contribution is -2.39. The largest absolute Gasteiger partial charge is 0.351 e. The van der Waals surface area contributed by atoms with Gasteiger partial charge in [-0.25, -0.2) is 0 Å². The minimum atomic E-state index is -0.678. The predicted octanol–water partition coefficient (Wildman–Crippen LogP) is 19.5. The van der Waals surface area contributed by atoms with Crippen LogP contribution in [0.3, 0.4) is 0 Å². The van der Waals surface area contributed by atoms with Crippen LogP contribution in [0.5, 0.6) is 0 Å². The van der Waals surface area contributed by atoms with Gasteiger partial charge in [0.2, 0.25) is 0 Å². The second kappa shape index (κ2) is 29.2. The summed E-state index contributed by atoms with van der Waals surface area (Å²) in [7, 11) is 0. The highest BCUT2D eigenvalue weighted by Gasteiger charge is 2.55. The van der Waals surface area contributed by atoms with Gasteiger partial charge in [-0.3, -0.25) is 9.59 Å². The monoisotopic (exact) mass is 1170 g/mol. The van der Waals surface area contributed by atoms with Gasteiger partial charge in [-0.1, -0.05) is 158 Å². The first-order valence-electron chi connectivity index (χ1n) is 32.0. The summed E-state index contributed by atoms with van der Waals surface area (Å²) < 4.78 is 25.3. The maximum atomic E-state index is 16.3. The highest BCUT2D eigenvalue weighted by atomic mass is 32.1. The normalized spacial score (nSPS) is 20.0. The van der Waals surface area contributed by atoms with Crippen molar-refractivity contribution in [3.8, 4) is 19.5 Å². The van der Waals surface area contributed by atoms with Crippen molar-refractivity contribution in [3.05, 3.63) is 78.2 Å². The van der Waals surface area contributed by atoms with Gasteiger partial charge in [0, 0.05) is 56.8 Å². The first-order valence-corrected chi connectivity index (χ1v) is 35.4. The van der Waals surface area contributed by atoms with Crippen LogP contribution in [0.1, 0.15) is 244 Å². The molecule has 4 aromatic rings. The molecule has 2 aliphatic carbocycles. The zero-order chi connectivity index (χ0) is 57.1. The zero-order valence-electron chi connectivity index (χ0n) is 51.3. The van der Waals surface area contributed by atoms with Crippen molar-refractivity contribution in [1.29, 1.82) is 0 Å². The van der Waals surface area contributed by atoms with E-state index in [9.17, 15) is 0 Å². The summed E-state index contributed by atoms with van der Waals surface area (Å²) in [4.78, 5) is 43.6. The molecule has 6 unspecified atom stereocenters. The topological polar surface area (TPSA) is 77.5 Å². The highest BCUT2D eigenvalue weighted by Crippen LogP contribution is 2.65. The molecule has 0 fully saturated rings. The lowest BCUT2D eigenvalue weighted by Gasteiger charge is -2.41. The quantitative estimate of drug-likeness (QED) is 0.0329. The summed E-state index contributed by atoms with van der Waals surface area (Å²) in [5.41, 5.74) is 7.79. The van der Waals surface area contributed by atoms with Crippen molar-refractivity contribution in [3.63, 3.8) is 0 Å². The first kappa shape index (κ1) is 63.1. The molecular weight excluding hydrogens is 1070 g/mol. The number of amides is 2. The van der Waals surface area contributed by atoms with E-state index in [1.807, 2.05) is 60.2 Å². The molecule has 12 heteroatoms. The Kier molecular flexibility index (Phi) is 23.1. The van der Waals surface area contributed by atoms with Gasteiger partial charge in [-0.05, 0) is 134 Å². The number of fused-ring (bicyclic) bond motifs is 7. The van der Waals surface area contributed by atoms with E-state index < -0.39 is 12.6 Å². The van der Waals surface area contributed by atoms with Gasteiger partial charge in [0.15, 0.2) is 12.6 Å². The third-order valence-corrected chi connectivity index (χ3v) is 23.0. The minimum absolute atomic E-state index is 0.167. The number of thiophene rings is 4. The van der Waals surface area contributed by atoms with E-state index in [-0.39, 0.29) is 35.7 Å². The van der Waals surface area contributed by atoms with Crippen molar-refractivity contribution >= 4 is 68.6 Å². The lowest BCUT2D eigenvalue weighted by molar-refractivity contribution is -0.151. The van der Waals surface area contributed by atoms with E-state index in [0.29, 0.717) is 72.6 Å². The fraction of sp³-hybridized carbons (Fsp3) is 0.676. The molecular formula is C68H100N2O6S4. The van der Waals surface area contributed by atoms with Crippen LogP contribution in [-0.2, 0) is 39.4 Å². The fourth-order valence-corrected chi connectivity index (χ4v) is 19.7. The van der Waals surface area contributed by atoms with Crippen molar-refractivity contribution < 1.29 is 28.5 Å². The van der Waals surface area contributed by atoms with Crippen molar-refractivity contribution in [2.24, 2.45) is 23.7 Å². The van der Waals surface area contributed by atoms with Crippen molar-refractivity contribution in [2.75, 3.05) is 39.5 Å². The van der Waals surface area contributed by atoms with E-state index in [1.54, 1.807) is 22.7 Å². The summed E-state index contributed by atoms with van der Waals surface area (Å²) in [5.74, 6) is 1.81. The number of carbonyl (C=O) groups excluding carboxylic acids is 2. The Bertz CT molecular complexity index is 2710. The van der Waals surface area contributed by atoms with E-state index >= 15 is 9.59 Å². The molecule has 0 spiro atoms. The summed E-state index contributed by atoms with van der Waals surface area (Å²) in [5, 5.41) is 4.63. The average Bonchev–Trinajstić information content (AvgIpc) is 4.31. The molecule has 2 aliphatic heterocycles. The van der Waals surface area contributed by atoms with E-state index in [0.717, 1.165) is 48.3 Å². The summed E-state index contributed by atoms with van der Waals surface area (Å²) in [6.45, 7) is 28.9. The van der Waals surface area contributed by atoms with Crippen LogP contribution in [0.15, 0.2) is 46.2 Å². The molecule has 0 radical (unpaired) electrons. The van der Waals surface area contributed by atoms with Gasteiger partial charge >= 0.3 is 0 Å². The lowest BCUT2D eigenvalue weighted by atomic mass is 9.61. The van der Waals surface area contributed by atoms with Gasteiger partial charge in [-0.15, -0.1) is 45.3 Å². The van der Waals surface area contributed by atoms with Crippen LogP contribution >= 0.6 is 45.3 Å². The van der Waals surface area contributed by atoms with Gasteiger partial charge in [0.1, 0.15) is 0 Å². The van der Waals surface area contributed by atoms with Crippen LogP contribution in [0, 0.1) is 23.7 Å². The standard InChI is InChI=1S/C68H100N2O6S4/c1-13-24-28-30-45(12)40-67(41-46(17-5)31-26-15-3)49-34-36-77-61(49)63-51(67)38-53(79-63)59-57-58(66(72)69(59)43-55(73-20-8)74-21-9)60(70(65(57)71)44-56(75-22-10)76-23-11)54-39-52-64(80-54)62-50(35-37-78-62)68(52,42-47(18-6)32-27-16-4)48(19-7)33-29-25-14-2/h34-39,45-48,55-56H,13-33,40-44H2,1-12H3. The molecule has 80 heavy (non-hydrogen) atoms. The summed E-state index contributed by atoms with van der Waals surface area (Å²) >= 11 is 7.31. The van der Waals surface area contributed by atoms with Gasteiger partial charge in [0.05, 0.1) is 45.4 Å². The third-order valence-electron chi connectivity index (χ3n) is 18.6. The fourth-order valence-electron chi connectivity index (χ4n) is 14.7. The molecule has 8 nitrogen and oxygen atoms in total. The van der Waals surface area contributed by atoms with Crippen LogP contribution in [-0.4, -0.2) is 73.7 Å². The molecule has 8 rings (SSSR count). The molecule has 0 bridgehead atoms. The van der Waals surface area contributed by atoms with Crippen molar-refractivity contribution in [2.45, 2.75) is 235 Å². The van der Waals surface area contributed by atoms with Crippen LogP contribution < -0.4 is 0 Å². The Labute approximate surface area is 499 Å². The summed E-state index contributed by atoms with van der Waals surface area (Å²) in [6, 6.07) is 9.79. The number of ether oxygens (including phenoxy) is 4. The predicted molar refractivity (Wildman–Crippen MR) is 340 cm³/mol. The number of hydrogen-bond donors (Lipinski definition) is 0. The zero-order valence-corrected chi connectivity index (χ0v) is 54.6. The molecule has 0 saturated carbocycles. The molecule has 0 N–H and O–H groups in total. The molecule has 4 aromatic heterocycles. The molecule has 0 saturated heterocycles. The van der Waals surface area contributed by atoms with Gasteiger partial charge in [-0.2, -0.15) is 0 Å². The molecule has 4 aliphatic rings. The second-order valence-electron chi connectivity index (χ2n) is 23.7. The van der Waals surface area contributed by atoms with Crippen molar-refractivity contribution in [1.82, 2.24) is 9.80 Å². The number of rotatable bonds is 38. The molecule has 6 heterocycles. The smallest absolute Gasteiger partial charge is 0.261 e. The van der Waals surface area contributed by atoms with Crippen LogP contribution in [0.2, 0.25) is 0 Å².